The monoisotopic (exact) mass is 251 g/mol. The highest BCUT2D eigenvalue weighted by molar-refractivity contribution is 8.00. The summed E-state index contributed by atoms with van der Waals surface area (Å²) in [5.74, 6) is 2.23. The molecule has 0 saturated carbocycles. The number of nitrogens with one attached hydrogen (secondary N) is 1. The van der Waals surface area contributed by atoms with E-state index in [1.807, 2.05) is 13.2 Å². The molecule has 2 rings (SSSR count). The van der Waals surface area contributed by atoms with Crippen LogP contribution in [0.1, 0.15) is 18.9 Å². The molecule has 17 heavy (non-hydrogen) atoms. The van der Waals surface area contributed by atoms with Crippen molar-refractivity contribution in [3.05, 3.63) is 23.9 Å². The fraction of sp³-hybridized carbons (Fsp3) is 0.615. The number of hydrogen-bond acceptors (Lipinski definition) is 4. The molecule has 4 heteroatoms. The third-order valence-electron chi connectivity index (χ3n) is 3.16. The third-order valence-corrected chi connectivity index (χ3v) is 4.54. The number of rotatable bonds is 4. The summed E-state index contributed by atoms with van der Waals surface area (Å²) in [5.41, 5.74) is 1.35. The van der Waals surface area contributed by atoms with Crippen molar-refractivity contribution in [1.82, 2.24) is 9.88 Å². The molecule has 1 fully saturated rings. The van der Waals surface area contributed by atoms with Gasteiger partial charge in [0.1, 0.15) is 5.82 Å². The Hall–Kier alpha value is -0.740. The molecule has 0 spiro atoms. The highest BCUT2D eigenvalue weighted by Crippen LogP contribution is 2.22. The minimum absolute atomic E-state index is 0.814. The lowest BCUT2D eigenvalue weighted by molar-refractivity contribution is 0.273. The topological polar surface area (TPSA) is 28.2 Å². The smallest absolute Gasteiger partial charge is 0.125 e. The molecule has 1 aromatic rings. The van der Waals surface area contributed by atoms with E-state index in [9.17, 15) is 0 Å². The predicted molar refractivity (Wildman–Crippen MR) is 75.6 cm³/mol. The Balaban J connectivity index is 1.95. The summed E-state index contributed by atoms with van der Waals surface area (Å²) >= 11 is 2.12. The van der Waals surface area contributed by atoms with E-state index in [1.54, 1.807) is 0 Å². The van der Waals surface area contributed by atoms with Crippen LogP contribution >= 0.6 is 11.8 Å². The van der Waals surface area contributed by atoms with Crippen molar-refractivity contribution < 1.29 is 0 Å². The summed E-state index contributed by atoms with van der Waals surface area (Å²) in [6, 6.07) is 4.26. The standard InChI is InChI=1S/C13H21N3S/c1-3-12-10-16(6-7-17-12)9-11-4-5-15-13(8-11)14-2/h4-5,8,12H,3,6-7,9-10H2,1-2H3,(H,14,15). The van der Waals surface area contributed by atoms with Gasteiger partial charge in [-0.3, -0.25) is 4.90 Å². The SMILES string of the molecule is CCC1CN(Cc2ccnc(NC)c2)CCS1. The summed E-state index contributed by atoms with van der Waals surface area (Å²) in [4.78, 5) is 6.80. The van der Waals surface area contributed by atoms with E-state index in [0.717, 1.165) is 17.6 Å². The molecule has 1 atom stereocenters. The van der Waals surface area contributed by atoms with Crippen molar-refractivity contribution in [1.29, 1.82) is 0 Å². The van der Waals surface area contributed by atoms with Crippen LogP contribution in [0.25, 0.3) is 0 Å². The van der Waals surface area contributed by atoms with Crippen LogP contribution in [0, 0.1) is 0 Å². The molecular weight excluding hydrogens is 230 g/mol. The second-order valence-corrected chi connectivity index (χ2v) is 5.84. The average Bonchev–Trinajstić information content (AvgIpc) is 2.39. The molecule has 0 aliphatic carbocycles. The summed E-state index contributed by atoms with van der Waals surface area (Å²) in [6.07, 6.45) is 3.16. The molecular formula is C13H21N3S. The van der Waals surface area contributed by atoms with Gasteiger partial charge in [-0.25, -0.2) is 4.98 Å². The number of anilines is 1. The third kappa shape index (κ3) is 3.61. The highest BCUT2D eigenvalue weighted by Gasteiger charge is 2.18. The zero-order chi connectivity index (χ0) is 12.1. The molecule has 1 saturated heterocycles. The summed E-state index contributed by atoms with van der Waals surface area (Å²) < 4.78 is 0. The summed E-state index contributed by atoms with van der Waals surface area (Å²) in [5, 5.41) is 3.91. The molecule has 1 aliphatic heterocycles. The highest BCUT2D eigenvalue weighted by atomic mass is 32.2. The minimum atomic E-state index is 0.814. The van der Waals surface area contributed by atoms with Crippen LogP contribution in [0.5, 0.6) is 0 Å². The van der Waals surface area contributed by atoms with Gasteiger partial charge < -0.3 is 5.32 Å². The quantitative estimate of drug-likeness (QED) is 0.890. The van der Waals surface area contributed by atoms with Crippen LogP contribution in [0.2, 0.25) is 0 Å². The van der Waals surface area contributed by atoms with Crippen molar-refractivity contribution >= 4 is 17.6 Å². The molecule has 1 unspecified atom stereocenters. The van der Waals surface area contributed by atoms with Crippen molar-refractivity contribution in [3.8, 4) is 0 Å². The first kappa shape index (κ1) is 12.7. The Kier molecular flexibility index (Phi) is 4.68. The normalized spacial score (nSPS) is 21.4. The van der Waals surface area contributed by atoms with E-state index < -0.39 is 0 Å². The van der Waals surface area contributed by atoms with Gasteiger partial charge in [-0.05, 0) is 24.1 Å². The van der Waals surface area contributed by atoms with E-state index in [-0.39, 0.29) is 0 Å². The van der Waals surface area contributed by atoms with Gasteiger partial charge >= 0.3 is 0 Å². The first-order valence-electron chi connectivity index (χ1n) is 6.28. The van der Waals surface area contributed by atoms with Gasteiger partial charge in [0.2, 0.25) is 0 Å². The van der Waals surface area contributed by atoms with E-state index in [2.05, 4.69) is 46.0 Å². The van der Waals surface area contributed by atoms with E-state index in [1.165, 1.54) is 30.8 Å². The fourth-order valence-electron chi connectivity index (χ4n) is 2.14. The summed E-state index contributed by atoms with van der Waals surface area (Å²) in [6.45, 7) is 5.76. The number of pyridine rings is 1. The molecule has 1 aromatic heterocycles. The first-order chi connectivity index (χ1) is 8.31. The van der Waals surface area contributed by atoms with Gasteiger partial charge in [-0.2, -0.15) is 11.8 Å². The van der Waals surface area contributed by atoms with Crippen molar-refractivity contribution in [3.63, 3.8) is 0 Å². The molecule has 0 aromatic carbocycles. The van der Waals surface area contributed by atoms with E-state index in [4.69, 9.17) is 0 Å². The van der Waals surface area contributed by atoms with Crippen LogP contribution in [0.3, 0.4) is 0 Å². The molecule has 3 nitrogen and oxygen atoms in total. The molecule has 0 bridgehead atoms. The van der Waals surface area contributed by atoms with Gasteiger partial charge in [0.25, 0.3) is 0 Å². The maximum Gasteiger partial charge on any atom is 0.125 e. The molecule has 0 radical (unpaired) electrons. The van der Waals surface area contributed by atoms with Crippen LogP contribution in [-0.4, -0.2) is 41.0 Å². The number of aromatic nitrogens is 1. The Morgan fingerprint density at radius 2 is 2.47 bits per heavy atom. The Morgan fingerprint density at radius 3 is 3.24 bits per heavy atom. The zero-order valence-electron chi connectivity index (χ0n) is 10.6. The maximum atomic E-state index is 4.25. The lowest BCUT2D eigenvalue weighted by Crippen LogP contribution is -2.37. The van der Waals surface area contributed by atoms with Gasteiger partial charge in [0, 0.05) is 43.9 Å². The van der Waals surface area contributed by atoms with Crippen LogP contribution in [0.15, 0.2) is 18.3 Å². The predicted octanol–water partition coefficient (Wildman–Crippen LogP) is 2.45. The van der Waals surface area contributed by atoms with Crippen molar-refractivity contribution in [2.45, 2.75) is 25.1 Å². The van der Waals surface area contributed by atoms with Gasteiger partial charge in [0.15, 0.2) is 0 Å². The van der Waals surface area contributed by atoms with E-state index >= 15 is 0 Å². The number of nitrogens with zero attached hydrogens (tertiary/aromatic N) is 2. The second kappa shape index (κ2) is 6.26. The number of hydrogen-bond donors (Lipinski definition) is 1. The molecule has 1 N–H and O–H groups in total. The van der Waals surface area contributed by atoms with Crippen molar-refractivity contribution in [2.24, 2.45) is 0 Å². The Labute approximate surface area is 108 Å². The number of thioether (sulfide) groups is 1. The Bertz CT molecular complexity index is 356. The van der Waals surface area contributed by atoms with E-state index in [0.29, 0.717) is 0 Å². The van der Waals surface area contributed by atoms with Crippen LogP contribution in [0.4, 0.5) is 5.82 Å². The lowest BCUT2D eigenvalue weighted by Gasteiger charge is -2.31. The average molecular weight is 251 g/mol. The first-order valence-corrected chi connectivity index (χ1v) is 7.33. The lowest BCUT2D eigenvalue weighted by atomic mass is 10.2. The van der Waals surface area contributed by atoms with Crippen molar-refractivity contribution in [2.75, 3.05) is 31.2 Å². The maximum absolute atomic E-state index is 4.25. The summed E-state index contributed by atoms with van der Waals surface area (Å²) in [7, 11) is 1.91. The van der Waals surface area contributed by atoms with Crippen LogP contribution < -0.4 is 5.32 Å². The largest absolute Gasteiger partial charge is 0.373 e. The van der Waals surface area contributed by atoms with Gasteiger partial charge in [-0.15, -0.1) is 0 Å². The van der Waals surface area contributed by atoms with Crippen LogP contribution in [-0.2, 0) is 6.54 Å². The minimum Gasteiger partial charge on any atom is -0.373 e. The molecule has 1 aliphatic rings. The fourth-order valence-corrected chi connectivity index (χ4v) is 3.39. The molecule has 94 valence electrons. The zero-order valence-corrected chi connectivity index (χ0v) is 11.5. The molecule has 2 heterocycles. The van der Waals surface area contributed by atoms with Gasteiger partial charge in [-0.1, -0.05) is 6.92 Å². The second-order valence-electron chi connectivity index (χ2n) is 4.44. The Morgan fingerprint density at radius 1 is 1.59 bits per heavy atom. The molecule has 0 amide bonds. The van der Waals surface area contributed by atoms with Gasteiger partial charge in [0.05, 0.1) is 0 Å².